The van der Waals surface area contributed by atoms with Crippen LogP contribution in [0.5, 0.6) is 0 Å². The van der Waals surface area contributed by atoms with Crippen molar-refractivity contribution in [2.75, 3.05) is 6.54 Å². The first-order valence-corrected chi connectivity index (χ1v) is 13.9. The largest absolute Gasteiger partial charge is 0.397 e. The van der Waals surface area contributed by atoms with Gasteiger partial charge in [-0.05, 0) is 56.4 Å². The Hall–Kier alpha value is -3.11. The van der Waals surface area contributed by atoms with E-state index < -0.39 is 12.1 Å². The molecule has 9 nitrogen and oxygen atoms in total. The summed E-state index contributed by atoms with van der Waals surface area (Å²) in [7, 11) is 0. The van der Waals surface area contributed by atoms with E-state index in [-0.39, 0.29) is 23.1 Å². The van der Waals surface area contributed by atoms with E-state index >= 15 is 4.39 Å². The zero-order valence-corrected chi connectivity index (χ0v) is 23.3. The Morgan fingerprint density at radius 1 is 1.23 bits per heavy atom. The molecule has 0 aromatic carbocycles. The van der Waals surface area contributed by atoms with E-state index in [1.807, 2.05) is 4.90 Å². The molecule has 212 valence electrons. The average Bonchev–Trinajstić information content (AvgIpc) is 3.35. The summed E-state index contributed by atoms with van der Waals surface area (Å²) in [4.78, 5) is 15.5. The second-order valence-corrected chi connectivity index (χ2v) is 11.3. The predicted molar refractivity (Wildman–Crippen MR) is 153 cm³/mol. The summed E-state index contributed by atoms with van der Waals surface area (Å²) in [6.07, 6.45) is 9.34. The average molecular weight is 560 g/mol. The smallest absolute Gasteiger partial charge is 0.305 e. The number of oxime groups is 1. The lowest BCUT2D eigenvalue weighted by Gasteiger charge is -2.42. The fourth-order valence-corrected chi connectivity index (χ4v) is 5.74. The van der Waals surface area contributed by atoms with Crippen molar-refractivity contribution in [2.24, 2.45) is 33.5 Å². The summed E-state index contributed by atoms with van der Waals surface area (Å²) in [5.41, 5.74) is 12.9. The lowest BCUT2D eigenvalue weighted by atomic mass is 9.81. The zero-order chi connectivity index (χ0) is 28.2. The van der Waals surface area contributed by atoms with Crippen LogP contribution in [0, 0.1) is 11.8 Å². The summed E-state index contributed by atoms with van der Waals surface area (Å²) in [6.45, 7) is 11.1. The number of aromatic nitrogens is 1. The van der Waals surface area contributed by atoms with Crippen LogP contribution < -0.4 is 16.8 Å². The predicted octanol–water partition coefficient (Wildman–Crippen LogP) is 4.76. The SMILES string of the molecule is C=C(N)/C(=C(\N=C(/N)C1=NO[C@@H](O)N1)c1cncc(Cl)c1)N(C[C@H]1CC[C@H](C)CC1)C(=C)C1(F)CCCCC1. The normalized spacial score (nSPS) is 25.6. The number of hydrogen-bond acceptors (Lipinski definition) is 8. The molecule has 0 amide bonds. The third-order valence-electron chi connectivity index (χ3n) is 7.82. The molecule has 0 bridgehead atoms. The van der Waals surface area contributed by atoms with Gasteiger partial charge in [-0.25, -0.2) is 9.38 Å². The number of aliphatic hydroxyl groups is 1. The molecule has 39 heavy (non-hydrogen) atoms. The van der Waals surface area contributed by atoms with Gasteiger partial charge in [0.05, 0.1) is 16.4 Å². The molecule has 0 radical (unpaired) electrons. The van der Waals surface area contributed by atoms with Crippen molar-refractivity contribution >= 4 is 29.0 Å². The van der Waals surface area contributed by atoms with E-state index in [4.69, 9.17) is 27.9 Å². The van der Waals surface area contributed by atoms with Crippen molar-refractivity contribution in [1.82, 2.24) is 15.2 Å². The van der Waals surface area contributed by atoms with Gasteiger partial charge in [-0.15, -0.1) is 0 Å². The molecule has 2 fully saturated rings. The Kier molecular flexibility index (Phi) is 9.17. The van der Waals surface area contributed by atoms with Gasteiger partial charge in [0.25, 0.3) is 0 Å². The summed E-state index contributed by atoms with van der Waals surface area (Å²) in [5, 5.41) is 16.4. The van der Waals surface area contributed by atoms with Crippen molar-refractivity contribution in [3.63, 3.8) is 0 Å². The molecule has 0 saturated heterocycles. The number of aliphatic imine (C=N–C) groups is 1. The molecule has 3 aliphatic rings. The molecule has 2 heterocycles. The number of aliphatic hydroxyl groups excluding tert-OH is 1. The van der Waals surface area contributed by atoms with Crippen LogP contribution >= 0.6 is 11.6 Å². The molecule has 2 saturated carbocycles. The first-order chi connectivity index (χ1) is 18.6. The van der Waals surface area contributed by atoms with E-state index in [0.717, 1.165) is 44.9 Å². The highest BCUT2D eigenvalue weighted by Gasteiger charge is 2.40. The Bertz CT molecular complexity index is 1170. The standard InChI is InChI=1S/C28H39ClFN7O2/c1-17-7-9-20(10-8-17)16-37(19(3)28(30)11-5-4-6-12-28)24(18(2)31)23(21-13-22(29)15-33-14-21)34-25(32)26-35-27(38)39-36-26/h13-15,17,20,27,38H,2-12,16,31H2,1H3,(H2,32,34)(H,35,36)/b24-23+/t17-,20-,27-/m1/s1. The van der Waals surface area contributed by atoms with Crippen LogP contribution in [0.15, 0.2) is 58.9 Å². The van der Waals surface area contributed by atoms with E-state index in [9.17, 15) is 5.11 Å². The van der Waals surface area contributed by atoms with E-state index in [1.165, 1.54) is 6.20 Å². The molecular weight excluding hydrogens is 521 g/mol. The number of nitrogens with one attached hydrogen (secondary N) is 1. The maximum atomic E-state index is 16.5. The van der Waals surface area contributed by atoms with Crippen LogP contribution in [0.1, 0.15) is 70.3 Å². The Morgan fingerprint density at radius 2 is 1.92 bits per heavy atom. The molecule has 6 N–H and O–H groups in total. The van der Waals surface area contributed by atoms with Gasteiger partial charge in [0.15, 0.2) is 5.84 Å². The first-order valence-electron chi connectivity index (χ1n) is 13.6. The number of pyridine rings is 1. The van der Waals surface area contributed by atoms with Gasteiger partial charge in [-0.1, -0.05) is 56.1 Å². The summed E-state index contributed by atoms with van der Waals surface area (Å²) < 4.78 is 16.5. The highest BCUT2D eigenvalue weighted by molar-refractivity contribution is 6.40. The third kappa shape index (κ3) is 6.91. The maximum Gasteiger partial charge on any atom is 0.305 e. The minimum atomic E-state index is -1.58. The molecule has 1 atom stereocenters. The fraction of sp³-hybridized carbons (Fsp3) is 0.536. The second kappa shape index (κ2) is 12.4. The fourth-order valence-electron chi connectivity index (χ4n) is 5.56. The number of hydrogen-bond donors (Lipinski definition) is 4. The van der Waals surface area contributed by atoms with Crippen LogP contribution in [0.2, 0.25) is 5.02 Å². The monoisotopic (exact) mass is 559 g/mol. The van der Waals surface area contributed by atoms with Crippen LogP contribution in [-0.4, -0.2) is 45.3 Å². The molecular formula is C28H39ClFN7O2. The van der Waals surface area contributed by atoms with E-state index in [1.54, 1.807) is 12.3 Å². The number of alkyl halides is 1. The Morgan fingerprint density at radius 3 is 2.51 bits per heavy atom. The van der Waals surface area contributed by atoms with Gasteiger partial charge in [-0.2, -0.15) is 0 Å². The van der Waals surface area contributed by atoms with Gasteiger partial charge in [0.2, 0.25) is 5.84 Å². The summed E-state index contributed by atoms with van der Waals surface area (Å²) in [6, 6.07) is 1.67. The van der Waals surface area contributed by atoms with Crippen molar-refractivity contribution in [3.8, 4) is 0 Å². The number of allylic oxidation sites excluding steroid dienone is 1. The highest BCUT2D eigenvalue weighted by atomic mass is 35.5. The number of rotatable bonds is 9. The summed E-state index contributed by atoms with van der Waals surface area (Å²) in [5.74, 6) is 0.935. The lowest BCUT2D eigenvalue weighted by molar-refractivity contribution is -0.0895. The van der Waals surface area contributed by atoms with Crippen molar-refractivity contribution in [3.05, 3.63) is 59.3 Å². The first kappa shape index (κ1) is 28.9. The lowest BCUT2D eigenvalue weighted by Crippen LogP contribution is -2.42. The highest BCUT2D eigenvalue weighted by Crippen LogP contribution is 2.43. The van der Waals surface area contributed by atoms with Gasteiger partial charge in [-0.3, -0.25) is 4.98 Å². The third-order valence-corrected chi connectivity index (χ3v) is 8.03. The van der Waals surface area contributed by atoms with E-state index in [2.05, 4.69) is 40.5 Å². The molecule has 2 aliphatic carbocycles. The maximum absolute atomic E-state index is 16.5. The Labute approximate surface area is 234 Å². The van der Waals surface area contributed by atoms with Crippen molar-refractivity contribution in [1.29, 1.82) is 0 Å². The molecule has 1 aliphatic heterocycles. The van der Waals surface area contributed by atoms with Crippen LogP contribution in [-0.2, 0) is 4.84 Å². The van der Waals surface area contributed by atoms with Gasteiger partial charge in [0, 0.05) is 30.2 Å². The van der Waals surface area contributed by atoms with E-state index in [0.29, 0.717) is 53.2 Å². The minimum absolute atomic E-state index is 0.0397. The zero-order valence-electron chi connectivity index (χ0n) is 22.5. The van der Waals surface area contributed by atoms with Crippen LogP contribution in [0.3, 0.4) is 0 Å². The van der Waals surface area contributed by atoms with Crippen LogP contribution in [0.4, 0.5) is 4.39 Å². The molecule has 11 heteroatoms. The minimum Gasteiger partial charge on any atom is -0.397 e. The molecule has 4 rings (SSSR count). The molecule has 1 aromatic heterocycles. The van der Waals surface area contributed by atoms with Gasteiger partial charge >= 0.3 is 6.41 Å². The second-order valence-electron chi connectivity index (χ2n) is 10.9. The van der Waals surface area contributed by atoms with Crippen molar-refractivity contribution in [2.45, 2.75) is 76.8 Å². The quantitative estimate of drug-likeness (QED) is 0.195. The van der Waals surface area contributed by atoms with Crippen molar-refractivity contribution < 1.29 is 14.3 Å². The number of amidine groups is 2. The van der Waals surface area contributed by atoms with Gasteiger partial charge < -0.3 is 31.6 Å². The number of nitrogens with zero attached hydrogens (tertiary/aromatic N) is 4. The van der Waals surface area contributed by atoms with Gasteiger partial charge in [0.1, 0.15) is 11.4 Å². The number of nitrogens with two attached hydrogens (primary N) is 2. The molecule has 1 aromatic rings. The topological polar surface area (TPSA) is 134 Å². The number of halogens is 2. The Balaban J connectivity index is 1.87. The molecule has 0 spiro atoms. The summed E-state index contributed by atoms with van der Waals surface area (Å²) >= 11 is 6.31. The molecule has 0 unspecified atom stereocenters. The van der Waals surface area contributed by atoms with Crippen LogP contribution in [0.25, 0.3) is 5.70 Å².